The van der Waals surface area contributed by atoms with Crippen molar-refractivity contribution in [1.29, 1.82) is 0 Å². The van der Waals surface area contributed by atoms with E-state index in [9.17, 15) is 21.9 Å². The zero-order valence-electron chi connectivity index (χ0n) is 22.7. The molecular formula is C28H35N3O8S2. The minimum atomic E-state index is -3.82. The van der Waals surface area contributed by atoms with E-state index in [4.69, 9.17) is 9.47 Å². The van der Waals surface area contributed by atoms with Crippen molar-refractivity contribution in [2.45, 2.75) is 46.8 Å². The number of hydrogen-bond acceptors (Lipinski definition) is 9. The van der Waals surface area contributed by atoms with E-state index in [-0.39, 0.29) is 24.1 Å². The van der Waals surface area contributed by atoms with Crippen molar-refractivity contribution in [3.05, 3.63) is 66.7 Å². The molecule has 1 spiro atoms. The lowest BCUT2D eigenvalue weighted by atomic mass is 9.88. The predicted octanol–water partition coefficient (Wildman–Crippen LogP) is 2.02. The lowest BCUT2D eigenvalue weighted by Crippen LogP contribution is -2.47. The number of aliphatic hydroxyl groups is 1. The number of nitrogens with one attached hydrogen (secondary N) is 2. The highest BCUT2D eigenvalue weighted by molar-refractivity contribution is 7.89. The quantitative estimate of drug-likeness (QED) is 0.280. The fourth-order valence-corrected chi connectivity index (χ4v) is 7.70. The number of nitrogens with zero attached hydrogens (tertiary/aromatic N) is 1. The monoisotopic (exact) mass is 605 g/mol. The van der Waals surface area contributed by atoms with E-state index in [0.717, 1.165) is 17.2 Å². The number of piperidine rings is 1. The summed E-state index contributed by atoms with van der Waals surface area (Å²) >= 11 is 0. The molecule has 0 aromatic heterocycles. The smallest absolute Gasteiger partial charge is 0.262 e. The van der Waals surface area contributed by atoms with Crippen molar-refractivity contribution in [3.63, 3.8) is 0 Å². The lowest BCUT2D eigenvalue weighted by molar-refractivity contribution is -0.0312. The van der Waals surface area contributed by atoms with Gasteiger partial charge in [-0.2, -0.15) is 4.31 Å². The Labute approximate surface area is 240 Å². The number of fused-ring (bicyclic) bond motifs is 1. The van der Waals surface area contributed by atoms with Crippen molar-refractivity contribution in [1.82, 2.24) is 14.5 Å². The van der Waals surface area contributed by atoms with Crippen LogP contribution < -0.4 is 14.9 Å². The van der Waals surface area contributed by atoms with E-state index < -0.39 is 31.8 Å². The van der Waals surface area contributed by atoms with Crippen LogP contribution in [-0.4, -0.2) is 84.0 Å². The summed E-state index contributed by atoms with van der Waals surface area (Å²) in [5.74, 6) is 0.302. The Bertz CT molecular complexity index is 1570. The highest BCUT2D eigenvalue weighted by Gasteiger charge is 2.44. The summed E-state index contributed by atoms with van der Waals surface area (Å²) in [5.41, 5.74) is -0.392. The molecule has 5 rings (SSSR count). The number of sulfonamides is 2. The molecule has 0 bridgehead atoms. The van der Waals surface area contributed by atoms with Gasteiger partial charge in [0.15, 0.2) is 0 Å². The van der Waals surface area contributed by atoms with Crippen LogP contribution in [0.1, 0.15) is 19.3 Å². The highest BCUT2D eigenvalue weighted by atomic mass is 32.2. The van der Waals surface area contributed by atoms with E-state index in [2.05, 4.69) is 10.2 Å². The zero-order chi connectivity index (χ0) is 29.1. The molecule has 2 aliphatic rings. The van der Waals surface area contributed by atoms with Gasteiger partial charge >= 0.3 is 0 Å². The molecule has 3 N–H and O–H groups in total. The van der Waals surface area contributed by atoms with Crippen LogP contribution in [0.4, 0.5) is 0 Å². The normalized spacial score (nSPS) is 20.4. The maximum absolute atomic E-state index is 13.3. The van der Waals surface area contributed by atoms with E-state index in [1.54, 1.807) is 22.5 Å². The second-order valence-electron chi connectivity index (χ2n) is 10.4. The van der Waals surface area contributed by atoms with Gasteiger partial charge < -0.3 is 19.9 Å². The van der Waals surface area contributed by atoms with Gasteiger partial charge in [-0.1, -0.05) is 41.3 Å². The molecule has 0 amide bonds. The molecule has 0 saturated carbocycles. The molecule has 3 aromatic carbocycles. The van der Waals surface area contributed by atoms with E-state index in [1.807, 2.05) is 35.2 Å². The van der Waals surface area contributed by atoms with Crippen molar-refractivity contribution in [3.8, 4) is 5.75 Å². The van der Waals surface area contributed by atoms with Gasteiger partial charge in [0.25, 0.3) is 10.0 Å². The maximum atomic E-state index is 13.3. The molecule has 2 aliphatic heterocycles. The maximum Gasteiger partial charge on any atom is 0.262 e. The van der Waals surface area contributed by atoms with Crippen LogP contribution in [0.5, 0.6) is 5.75 Å². The van der Waals surface area contributed by atoms with E-state index in [1.165, 1.54) is 25.3 Å². The van der Waals surface area contributed by atoms with E-state index >= 15 is 0 Å². The van der Waals surface area contributed by atoms with Gasteiger partial charge in [0.2, 0.25) is 10.0 Å². The summed E-state index contributed by atoms with van der Waals surface area (Å²) in [5, 5.41) is 15.6. The van der Waals surface area contributed by atoms with Crippen molar-refractivity contribution in [2.24, 2.45) is 0 Å². The average Bonchev–Trinajstić information content (AvgIpc) is 3.37. The van der Waals surface area contributed by atoms with Gasteiger partial charge in [0.05, 0.1) is 29.1 Å². The molecule has 0 radical (unpaired) electrons. The van der Waals surface area contributed by atoms with Gasteiger partial charge in [-0.05, 0) is 54.3 Å². The van der Waals surface area contributed by atoms with Crippen LogP contribution in [0, 0.1) is 0 Å². The predicted molar refractivity (Wildman–Crippen MR) is 152 cm³/mol. The average molecular weight is 606 g/mol. The Morgan fingerprint density at radius 1 is 1.00 bits per heavy atom. The summed E-state index contributed by atoms with van der Waals surface area (Å²) < 4.78 is 64.1. The molecular weight excluding hydrogens is 570 g/mol. The van der Waals surface area contributed by atoms with E-state index in [0.29, 0.717) is 43.2 Å². The minimum absolute atomic E-state index is 0.0156. The van der Waals surface area contributed by atoms with Gasteiger partial charge in [-0.15, -0.1) is 0 Å². The Balaban J connectivity index is 1.09. The second kappa shape index (κ2) is 12.3. The standard InChI is InChI=1S/C28H35N3O8S2/c1-37-30-40(33,34)26-8-4-7-25(16-26)38-20-24(32)18-29-23-17-28(39-19-23)11-13-31(14-12-28)41(35,36)27-10-9-21-5-2-3-6-22(21)15-27/h2-10,15-16,23-24,29-30,32H,11-14,17-20H2,1H3. The van der Waals surface area contributed by atoms with Crippen LogP contribution in [0.3, 0.4) is 0 Å². The molecule has 0 aliphatic carbocycles. The fraction of sp³-hybridized carbons (Fsp3) is 0.429. The first kappa shape index (κ1) is 29.9. The Morgan fingerprint density at radius 3 is 2.51 bits per heavy atom. The van der Waals surface area contributed by atoms with Crippen molar-refractivity contribution < 1.29 is 36.3 Å². The Kier molecular flexibility index (Phi) is 8.97. The number of ether oxygens (including phenoxy) is 2. The zero-order valence-corrected chi connectivity index (χ0v) is 24.4. The number of benzene rings is 3. The molecule has 41 heavy (non-hydrogen) atoms. The van der Waals surface area contributed by atoms with Gasteiger partial charge in [0.1, 0.15) is 18.5 Å². The van der Waals surface area contributed by atoms with Gasteiger partial charge in [-0.25, -0.2) is 16.8 Å². The molecule has 2 atom stereocenters. The molecule has 11 nitrogen and oxygen atoms in total. The first-order valence-corrected chi connectivity index (χ1v) is 16.3. The van der Waals surface area contributed by atoms with Crippen LogP contribution in [0.25, 0.3) is 10.8 Å². The van der Waals surface area contributed by atoms with Crippen LogP contribution >= 0.6 is 0 Å². The second-order valence-corrected chi connectivity index (χ2v) is 14.0. The van der Waals surface area contributed by atoms with Crippen molar-refractivity contribution >= 4 is 30.8 Å². The van der Waals surface area contributed by atoms with Crippen LogP contribution in [0.2, 0.25) is 0 Å². The Hall–Kier alpha value is -2.62. The molecule has 2 unspecified atom stereocenters. The molecule has 222 valence electrons. The third-order valence-corrected chi connectivity index (χ3v) is 10.8. The first-order chi connectivity index (χ1) is 19.6. The fourth-order valence-electron chi connectivity index (χ4n) is 5.38. The van der Waals surface area contributed by atoms with Crippen LogP contribution in [-0.2, 0) is 29.6 Å². The molecule has 3 aromatic rings. The summed E-state index contributed by atoms with van der Waals surface area (Å²) in [6, 6.07) is 18.8. The Morgan fingerprint density at radius 2 is 1.76 bits per heavy atom. The molecule has 2 saturated heterocycles. The largest absolute Gasteiger partial charge is 0.491 e. The summed E-state index contributed by atoms with van der Waals surface area (Å²) in [7, 11) is -6.22. The third kappa shape index (κ3) is 6.89. The molecule has 13 heteroatoms. The summed E-state index contributed by atoms with van der Waals surface area (Å²) in [4.78, 5) is 6.73. The first-order valence-electron chi connectivity index (χ1n) is 13.4. The molecule has 2 fully saturated rings. The van der Waals surface area contributed by atoms with Crippen molar-refractivity contribution in [2.75, 3.05) is 40.0 Å². The summed E-state index contributed by atoms with van der Waals surface area (Å²) in [6.07, 6.45) is 1.08. The highest BCUT2D eigenvalue weighted by Crippen LogP contribution is 2.37. The van der Waals surface area contributed by atoms with Crippen LogP contribution in [0.15, 0.2) is 76.5 Å². The van der Waals surface area contributed by atoms with Gasteiger partial charge in [-0.3, -0.25) is 4.84 Å². The third-order valence-electron chi connectivity index (χ3n) is 7.59. The SMILES string of the molecule is CONS(=O)(=O)c1cccc(OCC(O)CNC2COC3(CCN(S(=O)(=O)c4ccc5ccccc5c4)CC3)C2)c1. The number of rotatable bonds is 11. The number of aliphatic hydroxyl groups excluding tert-OH is 1. The minimum Gasteiger partial charge on any atom is -0.491 e. The number of hydrogen-bond donors (Lipinski definition) is 3. The molecule has 2 heterocycles. The topological polar surface area (TPSA) is 144 Å². The summed E-state index contributed by atoms with van der Waals surface area (Å²) in [6.45, 7) is 1.46. The van der Waals surface area contributed by atoms with Gasteiger partial charge in [0, 0.05) is 31.7 Å². The lowest BCUT2D eigenvalue weighted by Gasteiger charge is -2.38.